The third-order valence-corrected chi connectivity index (χ3v) is 3.77. The van der Waals surface area contributed by atoms with E-state index in [9.17, 15) is 5.11 Å². The van der Waals surface area contributed by atoms with E-state index in [-0.39, 0.29) is 12.1 Å². The van der Waals surface area contributed by atoms with Crippen LogP contribution in [0.4, 0.5) is 0 Å². The van der Waals surface area contributed by atoms with E-state index in [0.717, 1.165) is 19.6 Å². The van der Waals surface area contributed by atoms with Gasteiger partial charge >= 0.3 is 0 Å². The molecule has 0 radical (unpaired) electrons. The topological polar surface area (TPSA) is 35.5 Å². The van der Waals surface area contributed by atoms with Gasteiger partial charge in [0.25, 0.3) is 0 Å². The van der Waals surface area contributed by atoms with Gasteiger partial charge in [-0.25, -0.2) is 0 Å². The molecule has 3 heteroatoms. The zero-order valence-corrected chi connectivity index (χ0v) is 12.2. The van der Waals surface area contributed by atoms with E-state index < -0.39 is 0 Å². The minimum absolute atomic E-state index is 0.171. The fourth-order valence-corrected chi connectivity index (χ4v) is 2.65. The third-order valence-electron chi connectivity index (χ3n) is 3.77. The molecular weight excluding hydrogens is 212 g/mol. The van der Waals surface area contributed by atoms with E-state index in [4.69, 9.17) is 0 Å². The first-order chi connectivity index (χ1) is 7.76. The SMILES string of the molecule is CC(C)NC(C)(CO)CN1CCC(C)(C)CC1. The molecule has 0 bridgehead atoms. The van der Waals surface area contributed by atoms with Crippen LogP contribution in [0, 0.1) is 5.41 Å². The molecule has 1 fully saturated rings. The lowest BCUT2D eigenvalue weighted by Gasteiger charge is -2.42. The van der Waals surface area contributed by atoms with E-state index in [1.165, 1.54) is 12.8 Å². The highest BCUT2D eigenvalue weighted by Gasteiger charge is 2.31. The molecule has 0 amide bonds. The molecule has 1 aliphatic rings. The lowest BCUT2D eigenvalue weighted by atomic mass is 9.82. The number of rotatable bonds is 5. The van der Waals surface area contributed by atoms with Gasteiger partial charge in [-0.3, -0.25) is 0 Å². The Morgan fingerprint density at radius 2 is 1.82 bits per heavy atom. The maximum atomic E-state index is 9.58. The van der Waals surface area contributed by atoms with E-state index in [1.807, 2.05) is 0 Å². The number of hydrogen-bond donors (Lipinski definition) is 2. The fraction of sp³-hybridized carbons (Fsp3) is 1.00. The minimum atomic E-state index is -0.171. The molecule has 0 spiro atoms. The van der Waals surface area contributed by atoms with Gasteiger partial charge in [0.15, 0.2) is 0 Å². The van der Waals surface area contributed by atoms with Crippen LogP contribution in [0.2, 0.25) is 0 Å². The lowest BCUT2D eigenvalue weighted by molar-refractivity contribution is 0.0728. The van der Waals surface area contributed by atoms with E-state index in [1.54, 1.807) is 0 Å². The first-order valence-electron chi connectivity index (χ1n) is 6.87. The van der Waals surface area contributed by atoms with Crippen molar-refractivity contribution < 1.29 is 5.11 Å². The monoisotopic (exact) mass is 242 g/mol. The Kier molecular flexibility index (Phi) is 4.99. The van der Waals surface area contributed by atoms with E-state index in [2.05, 4.69) is 44.8 Å². The molecule has 102 valence electrons. The summed E-state index contributed by atoms with van der Waals surface area (Å²) in [6.45, 7) is 14.5. The molecule has 0 saturated carbocycles. The molecule has 17 heavy (non-hydrogen) atoms. The molecule has 0 aromatic rings. The largest absolute Gasteiger partial charge is 0.394 e. The van der Waals surface area contributed by atoms with Crippen molar-refractivity contribution >= 4 is 0 Å². The zero-order chi connectivity index (χ0) is 13.1. The molecule has 0 aromatic carbocycles. The summed E-state index contributed by atoms with van der Waals surface area (Å²) in [5.74, 6) is 0. The van der Waals surface area contributed by atoms with Gasteiger partial charge in [0, 0.05) is 12.6 Å². The van der Waals surface area contributed by atoms with Crippen LogP contribution in [0.3, 0.4) is 0 Å². The van der Waals surface area contributed by atoms with Crippen molar-refractivity contribution in [2.45, 2.75) is 59.0 Å². The summed E-state index contributed by atoms with van der Waals surface area (Å²) in [6, 6.07) is 0.411. The van der Waals surface area contributed by atoms with E-state index in [0.29, 0.717) is 11.5 Å². The predicted octanol–water partition coefficient (Wildman–Crippen LogP) is 1.86. The van der Waals surface area contributed by atoms with Crippen LogP contribution in [-0.4, -0.2) is 47.8 Å². The highest BCUT2D eigenvalue weighted by atomic mass is 16.3. The summed E-state index contributed by atoms with van der Waals surface area (Å²) in [5, 5.41) is 13.1. The summed E-state index contributed by atoms with van der Waals surface area (Å²) in [7, 11) is 0. The maximum absolute atomic E-state index is 9.58. The highest BCUT2D eigenvalue weighted by Crippen LogP contribution is 2.30. The average Bonchev–Trinajstić information content (AvgIpc) is 2.20. The molecule has 1 heterocycles. The predicted molar refractivity (Wildman–Crippen MR) is 73.2 cm³/mol. The summed E-state index contributed by atoms with van der Waals surface area (Å²) >= 11 is 0. The molecule has 1 rings (SSSR count). The van der Waals surface area contributed by atoms with Gasteiger partial charge in [-0.1, -0.05) is 27.7 Å². The van der Waals surface area contributed by atoms with Gasteiger partial charge in [-0.05, 0) is 38.3 Å². The van der Waals surface area contributed by atoms with Gasteiger partial charge in [-0.2, -0.15) is 0 Å². The van der Waals surface area contributed by atoms with Gasteiger partial charge in [0.05, 0.1) is 12.1 Å². The number of aliphatic hydroxyl groups excluding tert-OH is 1. The number of nitrogens with one attached hydrogen (secondary N) is 1. The summed E-state index contributed by atoms with van der Waals surface area (Å²) < 4.78 is 0. The standard InChI is InChI=1S/C14H30N2O/c1-12(2)15-14(5,11-17)10-16-8-6-13(3,4)7-9-16/h12,15,17H,6-11H2,1-5H3. The van der Waals surface area contributed by atoms with Gasteiger partial charge in [0.2, 0.25) is 0 Å². The normalized spacial score (nSPS) is 24.9. The van der Waals surface area contributed by atoms with Crippen LogP contribution in [0.1, 0.15) is 47.5 Å². The molecule has 1 atom stereocenters. The van der Waals surface area contributed by atoms with E-state index >= 15 is 0 Å². The first-order valence-corrected chi connectivity index (χ1v) is 6.87. The average molecular weight is 242 g/mol. The molecular formula is C14H30N2O. The van der Waals surface area contributed by atoms with Crippen molar-refractivity contribution in [1.82, 2.24) is 10.2 Å². The number of likely N-dealkylation sites (tertiary alicyclic amines) is 1. The number of aliphatic hydroxyl groups is 1. The van der Waals surface area contributed by atoms with Crippen molar-refractivity contribution in [3.05, 3.63) is 0 Å². The Morgan fingerprint density at radius 3 is 2.24 bits per heavy atom. The Morgan fingerprint density at radius 1 is 1.29 bits per heavy atom. The van der Waals surface area contributed by atoms with Crippen molar-refractivity contribution in [3.63, 3.8) is 0 Å². The second-order valence-electron chi connectivity index (χ2n) is 6.96. The molecule has 2 N–H and O–H groups in total. The smallest absolute Gasteiger partial charge is 0.0623 e. The maximum Gasteiger partial charge on any atom is 0.0623 e. The minimum Gasteiger partial charge on any atom is -0.394 e. The Balaban J connectivity index is 2.47. The van der Waals surface area contributed by atoms with Crippen LogP contribution in [-0.2, 0) is 0 Å². The Labute approximate surface area is 107 Å². The molecule has 3 nitrogen and oxygen atoms in total. The third kappa shape index (κ3) is 4.94. The summed E-state index contributed by atoms with van der Waals surface area (Å²) in [5.41, 5.74) is 0.327. The van der Waals surface area contributed by atoms with Crippen molar-refractivity contribution in [2.75, 3.05) is 26.2 Å². The van der Waals surface area contributed by atoms with Crippen LogP contribution in [0.15, 0.2) is 0 Å². The highest BCUT2D eigenvalue weighted by molar-refractivity contribution is 4.90. The molecule has 1 aliphatic heterocycles. The molecule has 0 aromatic heterocycles. The van der Waals surface area contributed by atoms with Crippen LogP contribution >= 0.6 is 0 Å². The second-order valence-corrected chi connectivity index (χ2v) is 6.96. The number of hydrogen-bond acceptors (Lipinski definition) is 3. The summed E-state index contributed by atoms with van der Waals surface area (Å²) in [6.07, 6.45) is 2.52. The van der Waals surface area contributed by atoms with Crippen LogP contribution < -0.4 is 5.32 Å². The molecule has 1 saturated heterocycles. The zero-order valence-electron chi connectivity index (χ0n) is 12.2. The quantitative estimate of drug-likeness (QED) is 0.772. The number of piperidine rings is 1. The van der Waals surface area contributed by atoms with Crippen molar-refractivity contribution in [2.24, 2.45) is 5.41 Å². The van der Waals surface area contributed by atoms with Gasteiger partial charge < -0.3 is 15.3 Å². The molecule has 0 aliphatic carbocycles. The summed E-state index contributed by atoms with van der Waals surface area (Å²) in [4.78, 5) is 2.48. The van der Waals surface area contributed by atoms with Gasteiger partial charge in [0.1, 0.15) is 0 Å². The Bertz CT molecular complexity index is 230. The van der Waals surface area contributed by atoms with Crippen molar-refractivity contribution in [1.29, 1.82) is 0 Å². The first kappa shape index (κ1) is 14.9. The Hall–Kier alpha value is -0.120. The second kappa shape index (κ2) is 5.68. The van der Waals surface area contributed by atoms with Gasteiger partial charge in [-0.15, -0.1) is 0 Å². The molecule has 1 unspecified atom stereocenters. The number of nitrogens with zero attached hydrogens (tertiary/aromatic N) is 1. The lowest BCUT2D eigenvalue weighted by Crippen LogP contribution is -2.57. The van der Waals surface area contributed by atoms with Crippen molar-refractivity contribution in [3.8, 4) is 0 Å². The van der Waals surface area contributed by atoms with Crippen LogP contribution in [0.5, 0.6) is 0 Å². The fourth-order valence-electron chi connectivity index (χ4n) is 2.65. The van der Waals surface area contributed by atoms with Crippen LogP contribution in [0.25, 0.3) is 0 Å².